The highest BCUT2D eigenvalue weighted by Crippen LogP contribution is 2.23. The SMILES string of the molecule is Cc1c(C(=O)COc2ccc(Cl)cc2)c(O)n(CCCOC(C)C)c(=O)c1C#N. The van der Waals surface area contributed by atoms with E-state index in [1.807, 2.05) is 19.9 Å². The lowest BCUT2D eigenvalue weighted by Gasteiger charge is -2.16. The lowest BCUT2D eigenvalue weighted by atomic mass is 10.0. The number of ether oxygens (including phenoxy) is 2. The molecule has 0 unspecified atom stereocenters. The zero-order valence-electron chi connectivity index (χ0n) is 16.6. The van der Waals surface area contributed by atoms with Gasteiger partial charge in [-0.15, -0.1) is 0 Å². The van der Waals surface area contributed by atoms with Gasteiger partial charge >= 0.3 is 0 Å². The number of pyridine rings is 1. The molecule has 0 saturated carbocycles. The summed E-state index contributed by atoms with van der Waals surface area (Å²) in [7, 11) is 0. The van der Waals surface area contributed by atoms with E-state index in [4.69, 9.17) is 21.1 Å². The lowest BCUT2D eigenvalue weighted by molar-refractivity contribution is 0.0743. The Morgan fingerprint density at radius 3 is 2.55 bits per heavy atom. The quantitative estimate of drug-likeness (QED) is 0.494. The summed E-state index contributed by atoms with van der Waals surface area (Å²) in [6.45, 7) is 5.37. The summed E-state index contributed by atoms with van der Waals surface area (Å²) in [6.07, 6.45) is 0.476. The summed E-state index contributed by atoms with van der Waals surface area (Å²) >= 11 is 5.82. The Balaban J connectivity index is 2.28. The molecule has 7 nitrogen and oxygen atoms in total. The molecule has 0 aliphatic carbocycles. The Labute approximate surface area is 174 Å². The van der Waals surface area contributed by atoms with Crippen LogP contribution in [-0.2, 0) is 11.3 Å². The van der Waals surface area contributed by atoms with Crippen LogP contribution in [0.25, 0.3) is 0 Å². The highest BCUT2D eigenvalue weighted by molar-refractivity contribution is 6.30. The average molecular weight is 419 g/mol. The molecule has 1 N–H and O–H groups in total. The molecule has 0 spiro atoms. The molecule has 0 aliphatic heterocycles. The molecule has 154 valence electrons. The van der Waals surface area contributed by atoms with Crippen LogP contribution in [-0.4, -0.2) is 34.8 Å². The molecule has 0 amide bonds. The highest BCUT2D eigenvalue weighted by atomic mass is 35.5. The van der Waals surface area contributed by atoms with E-state index in [1.165, 1.54) is 6.92 Å². The van der Waals surface area contributed by atoms with Crippen molar-refractivity contribution >= 4 is 17.4 Å². The number of aromatic hydroxyl groups is 1. The molecule has 1 aromatic carbocycles. The molecule has 29 heavy (non-hydrogen) atoms. The average Bonchev–Trinajstić information content (AvgIpc) is 2.67. The molecule has 2 aromatic rings. The van der Waals surface area contributed by atoms with E-state index in [-0.39, 0.29) is 35.9 Å². The standard InChI is InChI=1S/C21H23ClN2O5/c1-13(2)28-10-4-9-24-20(26)17(11-23)14(3)19(21(24)27)18(25)12-29-16-7-5-15(22)6-8-16/h5-8,13,27H,4,9-10,12H2,1-3H3. The van der Waals surface area contributed by atoms with E-state index in [1.54, 1.807) is 24.3 Å². The number of benzene rings is 1. The lowest BCUT2D eigenvalue weighted by Crippen LogP contribution is -2.28. The summed E-state index contributed by atoms with van der Waals surface area (Å²) in [5.74, 6) is -0.584. The molecule has 0 fully saturated rings. The Hall–Kier alpha value is -2.82. The number of rotatable bonds is 9. The maximum Gasteiger partial charge on any atom is 0.271 e. The van der Waals surface area contributed by atoms with E-state index in [0.717, 1.165) is 4.57 Å². The van der Waals surface area contributed by atoms with Crippen LogP contribution < -0.4 is 10.3 Å². The Bertz CT molecular complexity index is 975. The number of aromatic nitrogens is 1. The number of Topliss-reactive ketones (excluding diaryl/α,β-unsaturated/α-hetero) is 1. The molecule has 0 radical (unpaired) electrons. The molecule has 0 atom stereocenters. The Morgan fingerprint density at radius 1 is 1.31 bits per heavy atom. The van der Waals surface area contributed by atoms with Crippen LogP contribution in [0.1, 0.15) is 41.8 Å². The van der Waals surface area contributed by atoms with Gasteiger partial charge in [0.05, 0.1) is 11.7 Å². The van der Waals surface area contributed by atoms with Crippen molar-refractivity contribution in [2.45, 2.75) is 39.8 Å². The molecule has 0 bridgehead atoms. The summed E-state index contributed by atoms with van der Waals surface area (Å²) in [6, 6.07) is 8.30. The van der Waals surface area contributed by atoms with Crippen molar-refractivity contribution in [2.75, 3.05) is 13.2 Å². The first-order chi connectivity index (χ1) is 13.8. The van der Waals surface area contributed by atoms with Gasteiger partial charge in [0, 0.05) is 18.2 Å². The molecule has 0 saturated heterocycles. The first-order valence-corrected chi connectivity index (χ1v) is 9.53. The number of hydrogen-bond donors (Lipinski definition) is 1. The Kier molecular flexibility index (Phi) is 7.82. The number of hydrogen-bond acceptors (Lipinski definition) is 6. The molecule has 8 heteroatoms. The first kappa shape index (κ1) is 22.5. The van der Waals surface area contributed by atoms with Crippen molar-refractivity contribution in [3.8, 4) is 17.7 Å². The van der Waals surface area contributed by atoms with Crippen LogP contribution in [0, 0.1) is 18.3 Å². The normalized spacial score (nSPS) is 10.8. The summed E-state index contributed by atoms with van der Waals surface area (Å²) in [5, 5.41) is 20.5. The minimum atomic E-state index is -0.637. The summed E-state index contributed by atoms with van der Waals surface area (Å²) in [4.78, 5) is 25.3. The fourth-order valence-corrected chi connectivity index (χ4v) is 2.91. The largest absolute Gasteiger partial charge is 0.494 e. The predicted molar refractivity (Wildman–Crippen MR) is 109 cm³/mol. The Morgan fingerprint density at radius 2 is 1.97 bits per heavy atom. The number of nitrogens with zero attached hydrogens (tertiary/aromatic N) is 2. The number of carbonyl (C=O) groups is 1. The smallest absolute Gasteiger partial charge is 0.271 e. The van der Waals surface area contributed by atoms with Gasteiger partial charge in [-0.3, -0.25) is 14.2 Å². The van der Waals surface area contributed by atoms with Gasteiger partial charge in [0.2, 0.25) is 11.7 Å². The van der Waals surface area contributed by atoms with Crippen molar-refractivity contribution in [3.05, 3.63) is 56.3 Å². The van der Waals surface area contributed by atoms with E-state index in [9.17, 15) is 20.0 Å². The van der Waals surface area contributed by atoms with Gasteiger partial charge in [0.1, 0.15) is 17.4 Å². The fourth-order valence-electron chi connectivity index (χ4n) is 2.79. The first-order valence-electron chi connectivity index (χ1n) is 9.15. The maximum atomic E-state index is 12.7. The number of halogens is 1. The third-order valence-corrected chi connectivity index (χ3v) is 4.49. The molecular formula is C21H23ClN2O5. The van der Waals surface area contributed by atoms with E-state index in [0.29, 0.717) is 23.8 Å². The van der Waals surface area contributed by atoms with Crippen LogP contribution in [0.5, 0.6) is 11.6 Å². The maximum absolute atomic E-state index is 12.7. The van der Waals surface area contributed by atoms with Crippen LogP contribution in [0.4, 0.5) is 0 Å². The second-order valence-electron chi connectivity index (χ2n) is 6.71. The number of nitriles is 1. The van der Waals surface area contributed by atoms with E-state index >= 15 is 0 Å². The van der Waals surface area contributed by atoms with E-state index < -0.39 is 17.2 Å². The highest BCUT2D eigenvalue weighted by Gasteiger charge is 2.24. The van der Waals surface area contributed by atoms with Crippen LogP contribution in [0.15, 0.2) is 29.1 Å². The summed E-state index contributed by atoms with van der Waals surface area (Å²) in [5.41, 5.74) is -0.779. The topological polar surface area (TPSA) is 102 Å². The molecule has 0 aliphatic rings. The molecule has 1 heterocycles. The van der Waals surface area contributed by atoms with Gasteiger partial charge in [-0.1, -0.05) is 11.6 Å². The molecule has 2 rings (SSSR count). The van der Waals surface area contributed by atoms with Crippen molar-refractivity contribution in [1.82, 2.24) is 4.57 Å². The molecular weight excluding hydrogens is 396 g/mol. The van der Waals surface area contributed by atoms with Gasteiger partial charge in [0.25, 0.3) is 5.56 Å². The van der Waals surface area contributed by atoms with Gasteiger partial charge in [-0.05, 0) is 57.0 Å². The van der Waals surface area contributed by atoms with Crippen molar-refractivity contribution in [1.29, 1.82) is 5.26 Å². The van der Waals surface area contributed by atoms with Crippen LogP contribution in [0.2, 0.25) is 5.02 Å². The second kappa shape index (κ2) is 10.1. The van der Waals surface area contributed by atoms with Crippen LogP contribution >= 0.6 is 11.6 Å². The van der Waals surface area contributed by atoms with Crippen molar-refractivity contribution in [2.24, 2.45) is 0 Å². The monoisotopic (exact) mass is 418 g/mol. The number of carbonyl (C=O) groups excluding carboxylic acids is 1. The minimum Gasteiger partial charge on any atom is -0.494 e. The minimum absolute atomic E-state index is 0.0372. The van der Waals surface area contributed by atoms with Gasteiger partial charge in [0.15, 0.2) is 6.61 Å². The van der Waals surface area contributed by atoms with Crippen LogP contribution in [0.3, 0.4) is 0 Å². The van der Waals surface area contributed by atoms with Crippen molar-refractivity contribution in [3.63, 3.8) is 0 Å². The zero-order chi connectivity index (χ0) is 21.6. The second-order valence-corrected chi connectivity index (χ2v) is 7.14. The van der Waals surface area contributed by atoms with E-state index in [2.05, 4.69) is 0 Å². The van der Waals surface area contributed by atoms with Gasteiger partial charge in [-0.2, -0.15) is 5.26 Å². The zero-order valence-corrected chi connectivity index (χ0v) is 17.3. The predicted octanol–water partition coefficient (Wildman–Crippen LogP) is 3.46. The summed E-state index contributed by atoms with van der Waals surface area (Å²) < 4.78 is 11.9. The number of ketones is 1. The van der Waals surface area contributed by atoms with Gasteiger partial charge < -0.3 is 14.6 Å². The fraction of sp³-hybridized carbons (Fsp3) is 0.381. The van der Waals surface area contributed by atoms with Gasteiger partial charge in [-0.25, -0.2) is 0 Å². The third kappa shape index (κ3) is 5.59. The molecule has 1 aromatic heterocycles. The third-order valence-electron chi connectivity index (χ3n) is 4.24. The van der Waals surface area contributed by atoms with Crippen molar-refractivity contribution < 1.29 is 19.4 Å².